The van der Waals surface area contributed by atoms with Gasteiger partial charge >= 0.3 is 0 Å². The highest BCUT2D eigenvalue weighted by Crippen LogP contribution is 2.24. The molecule has 2 heteroatoms. The van der Waals surface area contributed by atoms with Crippen LogP contribution in [0.4, 0.5) is 5.69 Å². The third-order valence-electron chi connectivity index (χ3n) is 2.39. The Morgan fingerprint density at radius 1 is 0.933 bits per heavy atom. The first-order valence-corrected chi connectivity index (χ1v) is 5.87. The summed E-state index contributed by atoms with van der Waals surface area (Å²) in [4.78, 5) is 0. The van der Waals surface area contributed by atoms with E-state index in [4.69, 9.17) is 5.73 Å². The molecule has 0 radical (unpaired) electrons. The highest BCUT2D eigenvalue weighted by molar-refractivity contribution is 14.1. The number of hydrogen-bond acceptors (Lipinski definition) is 1. The summed E-state index contributed by atoms with van der Waals surface area (Å²) in [5.74, 6) is 0. The van der Waals surface area contributed by atoms with Gasteiger partial charge in [-0.2, -0.15) is 0 Å². The van der Waals surface area contributed by atoms with E-state index in [-0.39, 0.29) is 0 Å². The summed E-state index contributed by atoms with van der Waals surface area (Å²) < 4.78 is 1.10. The van der Waals surface area contributed by atoms with Crippen LogP contribution in [0.25, 0.3) is 11.1 Å². The van der Waals surface area contributed by atoms with Gasteiger partial charge in [-0.05, 0) is 52.8 Å². The van der Waals surface area contributed by atoms with Crippen LogP contribution in [-0.2, 0) is 0 Å². The fourth-order valence-corrected chi connectivity index (χ4v) is 1.97. The second kappa shape index (κ2) is 4.23. The summed E-state index contributed by atoms with van der Waals surface area (Å²) >= 11 is 2.26. The van der Waals surface area contributed by atoms with E-state index >= 15 is 0 Å². The van der Waals surface area contributed by atoms with Crippen LogP contribution in [0.2, 0.25) is 0 Å². The summed E-state index contributed by atoms with van der Waals surface area (Å²) in [6.07, 6.45) is 0. The molecule has 76 valence electrons. The Labute approximate surface area is 103 Å². The fourth-order valence-electron chi connectivity index (χ4n) is 1.45. The zero-order valence-corrected chi connectivity index (χ0v) is 10.7. The van der Waals surface area contributed by atoms with Gasteiger partial charge in [0.15, 0.2) is 0 Å². The van der Waals surface area contributed by atoms with Crippen LogP contribution in [0, 0.1) is 10.5 Å². The fraction of sp³-hybridized carbons (Fsp3) is 0.0769. The average molecular weight is 309 g/mol. The van der Waals surface area contributed by atoms with Gasteiger partial charge in [-0.1, -0.05) is 35.9 Å². The highest BCUT2D eigenvalue weighted by atomic mass is 127. The van der Waals surface area contributed by atoms with Crippen LogP contribution >= 0.6 is 22.6 Å². The molecule has 0 heterocycles. The first kappa shape index (κ1) is 10.5. The molecular weight excluding hydrogens is 297 g/mol. The molecule has 0 aliphatic rings. The lowest BCUT2D eigenvalue weighted by molar-refractivity contribution is 1.47. The molecule has 0 aliphatic heterocycles. The Bertz CT molecular complexity index is 474. The Kier molecular flexibility index (Phi) is 2.95. The van der Waals surface area contributed by atoms with Crippen LogP contribution in [-0.4, -0.2) is 0 Å². The van der Waals surface area contributed by atoms with Crippen LogP contribution in [0.1, 0.15) is 5.56 Å². The third kappa shape index (κ3) is 2.31. The summed E-state index contributed by atoms with van der Waals surface area (Å²) in [5.41, 5.74) is 10.4. The van der Waals surface area contributed by atoms with E-state index in [1.165, 1.54) is 16.7 Å². The largest absolute Gasteiger partial charge is 0.398 e. The second-order valence-corrected chi connectivity index (χ2v) is 4.76. The number of aryl methyl sites for hydroxylation is 1. The zero-order valence-electron chi connectivity index (χ0n) is 8.50. The van der Waals surface area contributed by atoms with Gasteiger partial charge in [-0.3, -0.25) is 0 Å². The van der Waals surface area contributed by atoms with E-state index in [2.05, 4.69) is 65.9 Å². The Hall–Kier alpha value is -1.03. The van der Waals surface area contributed by atoms with Crippen molar-refractivity contribution in [3.63, 3.8) is 0 Å². The lowest BCUT2D eigenvalue weighted by atomic mass is 10.0. The minimum atomic E-state index is 0.839. The molecule has 0 saturated carbocycles. The first-order valence-electron chi connectivity index (χ1n) is 4.79. The third-order valence-corrected chi connectivity index (χ3v) is 3.32. The molecule has 15 heavy (non-hydrogen) atoms. The van der Waals surface area contributed by atoms with Crippen molar-refractivity contribution in [1.29, 1.82) is 0 Å². The SMILES string of the molecule is Cc1ccc(-c2ccc(N)c(I)c2)cc1. The molecule has 0 spiro atoms. The molecule has 0 atom stereocenters. The van der Waals surface area contributed by atoms with Crippen molar-refractivity contribution in [1.82, 2.24) is 0 Å². The monoisotopic (exact) mass is 309 g/mol. The van der Waals surface area contributed by atoms with Crippen molar-refractivity contribution >= 4 is 28.3 Å². The van der Waals surface area contributed by atoms with Gasteiger partial charge in [0.2, 0.25) is 0 Å². The maximum Gasteiger partial charge on any atom is 0.0450 e. The number of hydrogen-bond donors (Lipinski definition) is 1. The minimum absolute atomic E-state index is 0.839. The van der Waals surface area contributed by atoms with Crippen molar-refractivity contribution in [2.75, 3.05) is 5.73 Å². The molecule has 0 aromatic heterocycles. The number of nitrogen functional groups attached to an aromatic ring is 1. The number of nitrogens with two attached hydrogens (primary N) is 1. The maximum atomic E-state index is 5.78. The standard InChI is InChI=1S/C13H12IN/c1-9-2-4-10(5-3-9)11-6-7-13(15)12(14)8-11/h2-8H,15H2,1H3. The van der Waals surface area contributed by atoms with E-state index in [1.54, 1.807) is 0 Å². The van der Waals surface area contributed by atoms with E-state index in [0.29, 0.717) is 0 Å². The van der Waals surface area contributed by atoms with Gasteiger partial charge in [0.05, 0.1) is 0 Å². The van der Waals surface area contributed by atoms with Crippen LogP contribution in [0.15, 0.2) is 42.5 Å². The normalized spacial score (nSPS) is 10.3. The van der Waals surface area contributed by atoms with Gasteiger partial charge in [-0.15, -0.1) is 0 Å². The maximum absolute atomic E-state index is 5.78. The van der Waals surface area contributed by atoms with Crippen LogP contribution < -0.4 is 5.73 Å². The Morgan fingerprint density at radius 3 is 2.13 bits per heavy atom. The number of rotatable bonds is 1. The molecule has 0 amide bonds. The van der Waals surface area contributed by atoms with E-state index < -0.39 is 0 Å². The molecule has 2 aromatic rings. The molecule has 2 N–H and O–H groups in total. The summed E-state index contributed by atoms with van der Waals surface area (Å²) in [7, 11) is 0. The lowest BCUT2D eigenvalue weighted by Gasteiger charge is -2.04. The van der Waals surface area contributed by atoms with Crippen LogP contribution in [0.3, 0.4) is 0 Å². The van der Waals surface area contributed by atoms with Crippen molar-refractivity contribution in [3.05, 3.63) is 51.6 Å². The van der Waals surface area contributed by atoms with Crippen molar-refractivity contribution in [2.45, 2.75) is 6.92 Å². The lowest BCUT2D eigenvalue weighted by Crippen LogP contribution is -1.89. The topological polar surface area (TPSA) is 26.0 Å². The van der Waals surface area contributed by atoms with Crippen LogP contribution in [0.5, 0.6) is 0 Å². The summed E-state index contributed by atoms with van der Waals surface area (Å²) in [6.45, 7) is 2.09. The summed E-state index contributed by atoms with van der Waals surface area (Å²) in [5, 5.41) is 0. The minimum Gasteiger partial charge on any atom is -0.398 e. The molecule has 0 saturated heterocycles. The first-order chi connectivity index (χ1) is 7.16. The molecule has 0 bridgehead atoms. The Morgan fingerprint density at radius 2 is 1.53 bits per heavy atom. The van der Waals surface area contributed by atoms with Gasteiger partial charge in [0, 0.05) is 9.26 Å². The second-order valence-electron chi connectivity index (χ2n) is 3.60. The van der Waals surface area contributed by atoms with Crippen molar-refractivity contribution in [3.8, 4) is 11.1 Å². The van der Waals surface area contributed by atoms with E-state index in [9.17, 15) is 0 Å². The van der Waals surface area contributed by atoms with Crippen molar-refractivity contribution in [2.24, 2.45) is 0 Å². The van der Waals surface area contributed by atoms with Gasteiger partial charge in [0.25, 0.3) is 0 Å². The summed E-state index contributed by atoms with van der Waals surface area (Å²) in [6, 6.07) is 14.6. The molecule has 0 fully saturated rings. The van der Waals surface area contributed by atoms with Crippen molar-refractivity contribution < 1.29 is 0 Å². The highest BCUT2D eigenvalue weighted by Gasteiger charge is 2.00. The number of halogens is 1. The smallest absolute Gasteiger partial charge is 0.0450 e. The van der Waals surface area contributed by atoms with Gasteiger partial charge in [0.1, 0.15) is 0 Å². The predicted octanol–water partition coefficient (Wildman–Crippen LogP) is 3.85. The Balaban J connectivity index is 2.45. The molecule has 0 aliphatic carbocycles. The average Bonchev–Trinajstić information content (AvgIpc) is 2.23. The number of benzene rings is 2. The van der Waals surface area contributed by atoms with E-state index in [0.717, 1.165) is 9.26 Å². The molecule has 1 nitrogen and oxygen atoms in total. The predicted molar refractivity (Wildman–Crippen MR) is 73.7 cm³/mol. The molecule has 0 unspecified atom stereocenters. The zero-order chi connectivity index (χ0) is 10.8. The molecule has 2 rings (SSSR count). The molecular formula is C13H12IN. The molecule has 2 aromatic carbocycles. The van der Waals surface area contributed by atoms with Gasteiger partial charge in [-0.25, -0.2) is 0 Å². The quantitative estimate of drug-likeness (QED) is 0.628. The number of anilines is 1. The van der Waals surface area contributed by atoms with E-state index in [1.807, 2.05) is 6.07 Å². The van der Waals surface area contributed by atoms with Gasteiger partial charge < -0.3 is 5.73 Å².